The Labute approximate surface area is 656 Å². The lowest BCUT2D eigenvalue weighted by Gasteiger charge is -2.02. The van der Waals surface area contributed by atoms with Gasteiger partial charge in [0.25, 0.3) is 16.7 Å². The lowest BCUT2D eigenvalue weighted by atomic mass is 10.2. The van der Waals surface area contributed by atoms with E-state index in [4.69, 9.17) is 23.2 Å². The van der Waals surface area contributed by atoms with E-state index >= 15 is 0 Å². The molecule has 0 aliphatic rings. The number of para-hydroxylation sites is 2. The molecule has 0 atom stereocenters. The number of hydrogen-bond donors (Lipinski definition) is 13. The largest absolute Gasteiger partial charge is 0.507 e. The second-order valence-electron chi connectivity index (χ2n) is 19.9. The third-order valence-electron chi connectivity index (χ3n) is 12.0. The molecule has 0 aliphatic carbocycles. The molecule has 8 heterocycles. The van der Waals surface area contributed by atoms with Crippen LogP contribution in [0.15, 0.2) is 226 Å². The minimum absolute atomic E-state index is 0.0351. The van der Waals surface area contributed by atoms with Crippen LogP contribution in [-0.2, 0) is 0 Å². The number of aryl methyl sites for hydroxylation is 3. The van der Waals surface area contributed by atoms with Gasteiger partial charge < -0.3 is 20.4 Å². The van der Waals surface area contributed by atoms with Crippen LogP contribution in [0.3, 0.4) is 0 Å². The number of phenols is 4. The van der Waals surface area contributed by atoms with Gasteiger partial charge in [-0.05, 0) is 141 Å². The van der Waals surface area contributed by atoms with Crippen LogP contribution in [0.5, 0.6) is 23.0 Å². The summed E-state index contributed by atoms with van der Waals surface area (Å²) in [6.45, 7) is 4.67. The third kappa shape index (κ3) is 29.9. The normalized spacial score (nSPS) is 10.7. The fourth-order valence-corrected chi connectivity index (χ4v) is 9.15. The summed E-state index contributed by atoms with van der Waals surface area (Å²) < 4.78 is 3.85. The molecule has 0 saturated carbocycles. The van der Waals surface area contributed by atoms with Crippen LogP contribution in [0.2, 0.25) is 10.0 Å². The Morgan fingerprint density at radius 1 is 0.355 bits per heavy atom. The van der Waals surface area contributed by atoms with Gasteiger partial charge in [-0.2, -0.15) is 30.6 Å². The van der Waals surface area contributed by atoms with Crippen molar-refractivity contribution in [2.45, 2.75) is 20.8 Å². The van der Waals surface area contributed by atoms with Crippen LogP contribution in [0, 0.1) is 20.8 Å². The Morgan fingerprint density at radius 2 is 0.645 bits per heavy atom. The van der Waals surface area contributed by atoms with Gasteiger partial charge in [-0.25, -0.2) is 62.5 Å². The lowest BCUT2D eigenvalue weighted by molar-refractivity contribution is 0.474. The van der Waals surface area contributed by atoms with E-state index in [1.807, 2.05) is 36.4 Å². The van der Waals surface area contributed by atoms with Gasteiger partial charge in [-0.1, -0.05) is 91.5 Å². The van der Waals surface area contributed by atoms with Gasteiger partial charge in [0.2, 0.25) is 35.7 Å². The maximum absolute atomic E-state index is 11.3. The zero-order chi connectivity index (χ0) is 76.9. The molecule has 36 nitrogen and oxygen atoms in total. The molecule has 0 fully saturated rings. The van der Waals surface area contributed by atoms with Gasteiger partial charge >= 0.3 is 0 Å². The summed E-state index contributed by atoms with van der Waals surface area (Å²) in [5, 5.41) is 84.3. The zero-order valence-electron chi connectivity index (χ0n) is 55.1. The number of anilines is 6. The van der Waals surface area contributed by atoms with Crippen molar-refractivity contribution in [1.29, 1.82) is 0 Å². The molecule has 12 rings (SSSR count). The summed E-state index contributed by atoms with van der Waals surface area (Å²) in [5.41, 5.74) is 19.0. The van der Waals surface area contributed by atoms with Crippen molar-refractivity contribution in [2.24, 2.45) is 30.6 Å². The van der Waals surface area contributed by atoms with Crippen LogP contribution >= 0.6 is 103 Å². The number of H-pyrrole nitrogens is 3. The van der Waals surface area contributed by atoms with Crippen LogP contribution < -0.4 is 49.2 Å². The molecule has 12 aromatic rings. The molecular formula is C64H54Br5Cl2N29O7. The van der Waals surface area contributed by atoms with Crippen LogP contribution in [-0.4, -0.2) is 143 Å². The number of hydrazone groups is 6. The maximum Gasteiger partial charge on any atom is 0.274 e. The lowest BCUT2D eigenvalue weighted by Crippen LogP contribution is -2.15. The molecule has 0 unspecified atom stereocenters. The summed E-state index contributed by atoms with van der Waals surface area (Å²) in [4.78, 5) is 73.2. The molecule has 13 N–H and O–H groups in total. The van der Waals surface area contributed by atoms with Crippen molar-refractivity contribution >= 4 is 176 Å². The van der Waals surface area contributed by atoms with Gasteiger partial charge in [-0.15, -0.1) is 30.6 Å². The van der Waals surface area contributed by atoms with Crippen molar-refractivity contribution in [2.75, 3.05) is 32.6 Å². The topological polar surface area (TPSA) is 506 Å². The first kappa shape index (κ1) is 82.1. The van der Waals surface area contributed by atoms with Crippen molar-refractivity contribution in [3.05, 3.63) is 273 Å². The van der Waals surface area contributed by atoms with E-state index in [0.717, 1.165) is 23.6 Å². The van der Waals surface area contributed by atoms with Crippen LogP contribution in [0.1, 0.15) is 50.7 Å². The monoisotopic (exact) mass is 1810 g/mol. The summed E-state index contributed by atoms with van der Waals surface area (Å²) in [5.74, 6) is 1.76. The van der Waals surface area contributed by atoms with E-state index in [-0.39, 0.29) is 79.0 Å². The molecular weight excluding hydrogens is 1760 g/mol. The molecule has 107 heavy (non-hydrogen) atoms. The number of halogens is 7. The van der Waals surface area contributed by atoms with Crippen LogP contribution in [0.4, 0.5) is 35.7 Å². The van der Waals surface area contributed by atoms with Gasteiger partial charge in [-0.3, -0.25) is 39.3 Å². The summed E-state index contributed by atoms with van der Waals surface area (Å²) in [7, 11) is 0. The Bertz CT molecular complexity index is 5240. The van der Waals surface area contributed by atoms with Crippen molar-refractivity contribution in [1.82, 2.24) is 85.4 Å². The first-order valence-corrected chi connectivity index (χ1v) is 34.5. The predicted molar refractivity (Wildman–Crippen MR) is 425 cm³/mol. The zero-order valence-corrected chi connectivity index (χ0v) is 64.5. The van der Waals surface area contributed by atoms with Gasteiger partial charge in [0, 0.05) is 80.8 Å². The third-order valence-corrected chi connectivity index (χ3v) is 14.7. The quantitative estimate of drug-likeness (QED) is 0.0280. The number of aromatic hydroxyl groups is 4. The fourth-order valence-electron chi connectivity index (χ4n) is 6.87. The number of aromatic nitrogens is 17. The molecule has 43 heteroatoms. The van der Waals surface area contributed by atoms with Crippen molar-refractivity contribution in [3.8, 4) is 23.0 Å². The molecule has 546 valence electrons. The van der Waals surface area contributed by atoms with Gasteiger partial charge in [0.15, 0.2) is 0 Å². The number of aromatic amines is 3. The highest BCUT2D eigenvalue weighted by atomic mass is 79.9. The van der Waals surface area contributed by atoms with Gasteiger partial charge in [0.05, 0.1) is 72.1 Å². The van der Waals surface area contributed by atoms with E-state index in [9.17, 15) is 34.8 Å². The second-order valence-corrected chi connectivity index (χ2v) is 25.3. The van der Waals surface area contributed by atoms with Crippen molar-refractivity contribution < 1.29 is 20.4 Å². The summed E-state index contributed by atoms with van der Waals surface area (Å²) in [6, 6.07) is 31.2. The number of phenolic OH excluding ortho intramolecular Hbond substituents is 4. The Hall–Kier alpha value is -12.2. The van der Waals surface area contributed by atoms with Gasteiger partial charge in [0.1, 0.15) is 40.1 Å². The minimum atomic E-state index is -0.356. The molecule has 0 radical (unpaired) electrons. The molecule has 0 bridgehead atoms. The number of benzene rings is 4. The first-order valence-electron chi connectivity index (χ1n) is 29.8. The van der Waals surface area contributed by atoms with E-state index in [0.29, 0.717) is 56.0 Å². The fraction of sp³-hybridized carbons (Fsp3) is 0.0469. The molecule has 4 aromatic carbocycles. The number of nitrogens with one attached hydrogen (secondary N) is 9. The Kier molecular flexibility index (Phi) is 33.7. The summed E-state index contributed by atoms with van der Waals surface area (Å²) in [6.07, 6.45) is 21.9. The highest BCUT2D eigenvalue weighted by Crippen LogP contribution is 2.31. The molecule has 0 spiro atoms. The second kappa shape index (κ2) is 43.8. The SMILES string of the molecule is Brc1cnc(N/N=C/c2ccccn2)nc1.Cc1nnc(N/N=C/c2cc(Br)cc(Cl)c2O)[nH]c1=O.Cc1nnc(N/N=C/c2ccccc2O)[nH]c1=O.Cc1nnc(N/N=C/c2ccccn2)[nH]c1=O.Oc1c(Cl)cc(Br)cc1/C=N/Nc1ncc(Br)cn1.Oc1ccccc1/C=N/Nc1ncc(Br)cn1. The first-order chi connectivity index (χ1) is 51.5. The number of rotatable bonds is 18. The highest BCUT2D eigenvalue weighted by Gasteiger charge is 2.09. The highest BCUT2D eigenvalue weighted by molar-refractivity contribution is 9.11. The smallest absolute Gasteiger partial charge is 0.274 e. The number of nitrogens with zero attached hydrogens (tertiary/aromatic N) is 20. The van der Waals surface area contributed by atoms with E-state index in [1.54, 1.807) is 149 Å². The number of pyridine rings is 2. The van der Waals surface area contributed by atoms with E-state index in [2.05, 4.69) is 228 Å². The summed E-state index contributed by atoms with van der Waals surface area (Å²) >= 11 is 27.9. The minimum Gasteiger partial charge on any atom is -0.507 e. The Morgan fingerprint density at radius 3 is 0.953 bits per heavy atom. The number of hydrogen-bond acceptors (Lipinski definition) is 33. The van der Waals surface area contributed by atoms with Crippen LogP contribution in [0.25, 0.3) is 0 Å². The molecule has 0 saturated heterocycles. The van der Waals surface area contributed by atoms with E-state index in [1.165, 1.54) is 31.1 Å². The standard InChI is InChI=1S/C11H7Br2ClN4O.C11H9BrClN5O2.C11H9BrN4O.C11H11N5O2.C10H8BrN5.C10H10N6O/c12-7-1-6(10(19)9(14)2-7)3-17-18-11-15-4-8(13)5-16-11;1-5-10(20)15-11(18-16-5)17-14-4-6-2-7(12)3-8(13)9(6)19;12-9-6-13-11(14-7-9)16-15-5-8-3-1-2-4-10(8)17;1-7-10(18)13-11(16-14-7)15-12-6-8-4-2-3-5-9(8)17;11-8-5-13-10(14-6-8)16-15-7-9-3-1-2-4-12-9;1-7-9(17)13-10(16-14-7)15-12-6-8-4-2-3-5-11-8/h1-5,19H,(H,15,16,18);2-4,19H,1H3,(H2,15,17,18,20);1-7,17H,(H,13,14,16);2-6,17H,1H3,(H2,13,15,16,18);1-7H,(H,13,14,16);2-6H,1H3,(H2,13,15,16,17)/b17-3+;14-4+;15-5+;12-6+;15-7+;12-6+. The predicted octanol–water partition coefficient (Wildman–Crippen LogP) is 11.3. The maximum atomic E-state index is 11.3. The molecule has 8 aromatic heterocycles. The molecule has 0 aliphatic heterocycles. The van der Waals surface area contributed by atoms with E-state index < -0.39 is 0 Å². The average molecular weight is 1810 g/mol. The van der Waals surface area contributed by atoms with Crippen molar-refractivity contribution in [3.63, 3.8) is 0 Å². The molecule has 0 amide bonds. The Balaban J connectivity index is 0.000000179. The average Bonchev–Trinajstić information content (AvgIpc) is 0.861.